The number of hydrogen-bond acceptors (Lipinski definition) is 3. The monoisotopic (exact) mass is 128 g/mol. The van der Waals surface area contributed by atoms with Gasteiger partial charge in [0, 0.05) is 0 Å². The van der Waals surface area contributed by atoms with Crippen molar-refractivity contribution in [3.05, 3.63) is 23.4 Å². The van der Waals surface area contributed by atoms with Crippen LogP contribution in [0.3, 0.4) is 0 Å². The van der Waals surface area contributed by atoms with Crippen molar-refractivity contribution in [1.29, 1.82) is 0 Å². The quantitative estimate of drug-likeness (QED) is 0.232. The maximum Gasteiger partial charge on any atom is 0.364 e. The van der Waals surface area contributed by atoms with Crippen LogP contribution in [0.4, 0.5) is 0 Å². The van der Waals surface area contributed by atoms with Crippen molar-refractivity contribution in [3.8, 4) is 0 Å². The van der Waals surface area contributed by atoms with E-state index in [1.807, 2.05) is 0 Å². The van der Waals surface area contributed by atoms with Gasteiger partial charge in [0.05, 0.1) is 0 Å². The molecule has 0 bridgehead atoms. The Balaban J connectivity index is 3.22. The van der Waals surface area contributed by atoms with Crippen LogP contribution in [0.5, 0.6) is 0 Å². The second-order valence-electron chi connectivity index (χ2n) is 1.44. The molecule has 1 aromatic rings. The predicted molar refractivity (Wildman–Crippen MR) is 26.0 cm³/mol. The molecule has 48 valence electrons. The lowest BCUT2D eigenvalue weighted by molar-refractivity contribution is -0.607. The number of aromatic nitrogens is 2. The van der Waals surface area contributed by atoms with Crippen LogP contribution in [0.1, 0.15) is 10.6 Å². The third kappa shape index (κ3) is 0.716. The molecule has 0 atom stereocenters. The molecule has 1 aromatic heterocycles. The minimum absolute atomic E-state index is 0.271. The van der Waals surface area contributed by atoms with Crippen molar-refractivity contribution in [3.63, 3.8) is 0 Å². The highest BCUT2D eigenvalue weighted by Gasteiger charge is 2.08. The van der Waals surface area contributed by atoms with Crippen LogP contribution in [-0.4, -0.2) is 16.2 Å². The summed E-state index contributed by atoms with van der Waals surface area (Å²) in [5.41, 5.74) is 0. The van der Waals surface area contributed by atoms with E-state index < -0.39 is 0 Å². The van der Waals surface area contributed by atoms with Gasteiger partial charge in [0.15, 0.2) is 6.20 Å². The number of nitrogens with zero attached hydrogens (tertiary/aromatic N) is 2. The van der Waals surface area contributed by atoms with Gasteiger partial charge in [-0.3, -0.25) is 4.79 Å². The van der Waals surface area contributed by atoms with Gasteiger partial charge in [-0.05, 0) is 4.73 Å². The maximum absolute atomic E-state index is 10.4. The lowest BCUT2D eigenvalue weighted by Gasteiger charge is -1.92. The molecule has 0 aliphatic carbocycles. The molecule has 0 saturated carbocycles. The normalized spacial score (nSPS) is 9.33. The van der Waals surface area contributed by atoms with Crippen molar-refractivity contribution >= 4 is 6.29 Å². The molecule has 0 aliphatic rings. The van der Waals surface area contributed by atoms with E-state index in [9.17, 15) is 10.0 Å². The zero-order chi connectivity index (χ0) is 6.85. The number of carbonyl (C=O) groups is 1. The van der Waals surface area contributed by atoms with Crippen LogP contribution in [0.25, 0.3) is 0 Å². The average Bonchev–Trinajstić information content (AvgIpc) is 2.12. The number of hydrogen-bond donors (Lipinski definition) is 1. The molecule has 9 heavy (non-hydrogen) atoms. The van der Waals surface area contributed by atoms with Gasteiger partial charge in [0.25, 0.3) is 0 Å². The highest BCUT2D eigenvalue weighted by Crippen LogP contribution is 1.83. The van der Waals surface area contributed by atoms with Gasteiger partial charge in [0.2, 0.25) is 6.29 Å². The first-order valence-corrected chi connectivity index (χ1v) is 2.20. The molecule has 0 fully saturated rings. The lowest BCUT2D eigenvalue weighted by atomic mass is 10.7. The molecular weight excluding hydrogens is 124 g/mol. The molecule has 0 radical (unpaired) electrons. The summed E-state index contributed by atoms with van der Waals surface area (Å²) in [5, 5.41) is 19.0. The van der Waals surface area contributed by atoms with Gasteiger partial charge < -0.3 is 10.4 Å². The summed E-state index contributed by atoms with van der Waals surface area (Å²) in [5.74, 6) is -0.324. The van der Waals surface area contributed by atoms with Crippen molar-refractivity contribution in [2.45, 2.75) is 0 Å². The molecule has 0 aromatic carbocycles. The summed E-state index contributed by atoms with van der Waals surface area (Å²) in [6, 6.07) is 0. The van der Waals surface area contributed by atoms with Crippen LogP contribution >= 0.6 is 0 Å². The molecule has 1 N–H and O–H groups in total. The molecular formula is C4H4N2O3. The zero-order valence-corrected chi connectivity index (χ0v) is 4.39. The first-order valence-electron chi connectivity index (χ1n) is 2.20. The highest BCUT2D eigenvalue weighted by molar-refractivity contribution is 5.66. The first kappa shape index (κ1) is 5.61. The molecule has 1 rings (SSSR count). The number of aldehydes is 1. The van der Waals surface area contributed by atoms with E-state index in [-0.39, 0.29) is 16.8 Å². The van der Waals surface area contributed by atoms with E-state index >= 15 is 0 Å². The Morgan fingerprint density at radius 1 is 1.89 bits per heavy atom. The Hall–Kier alpha value is -1.52. The van der Waals surface area contributed by atoms with E-state index in [0.717, 1.165) is 12.4 Å². The van der Waals surface area contributed by atoms with Crippen LogP contribution in [0, 0.1) is 5.21 Å². The van der Waals surface area contributed by atoms with E-state index in [1.54, 1.807) is 0 Å². The standard InChI is InChI=1S/C4H4N2O3/c7-3-4-5(8)1-2-6(4)9/h1-3,8H. The first-order chi connectivity index (χ1) is 4.25. The Labute approximate surface area is 50.3 Å². The Morgan fingerprint density at radius 3 is 2.78 bits per heavy atom. The second kappa shape index (κ2) is 1.77. The Kier molecular flexibility index (Phi) is 1.11. The summed E-state index contributed by atoms with van der Waals surface area (Å²) in [7, 11) is 0. The van der Waals surface area contributed by atoms with Gasteiger partial charge in [-0.1, -0.05) is 0 Å². The summed E-state index contributed by atoms with van der Waals surface area (Å²) in [6.45, 7) is 0. The van der Waals surface area contributed by atoms with E-state index in [4.69, 9.17) is 5.21 Å². The Bertz CT molecular complexity index is 210. The zero-order valence-electron chi connectivity index (χ0n) is 4.39. The lowest BCUT2D eigenvalue weighted by Crippen LogP contribution is -2.29. The summed E-state index contributed by atoms with van der Waals surface area (Å²) in [6.07, 6.45) is 2.38. The number of imidazole rings is 1. The molecule has 0 unspecified atom stereocenters. The van der Waals surface area contributed by atoms with Crippen molar-refractivity contribution in [2.75, 3.05) is 0 Å². The SMILES string of the molecule is O=Cc1n(O)cc[n+]1[O-]. The van der Waals surface area contributed by atoms with Crippen LogP contribution in [0.15, 0.2) is 12.4 Å². The van der Waals surface area contributed by atoms with Gasteiger partial charge >= 0.3 is 5.82 Å². The minimum atomic E-state index is -0.324. The molecule has 0 amide bonds. The highest BCUT2D eigenvalue weighted by atomic mass is 16.5. The van der Waals surface area contributed by atoms with E-state index in [2.05, 4.69) is 0 Å². The average molecular weight is 128 g/mol. The van der Waals surface area contributed by atoms with Crippen molar-refractivity contribution in [1.82, 2.24) is 4.73 Å². The molecule has 5 heteroatoms. The fourth-order valence-electron chi connectivity index (χ4n) is 0.483. The smallest absolute Gasteiger partial charge is 0.364 e. The second-order valence-corrected chi connectivity index (χ2v) is 1.44. The van der Waals surface area contributed by atoms with Gasteiger partial charge in [-0.2, -0.15) is 0 Å². The molecule has 5 nitrogen and oxygen atoms in total. The molecule has 0 aliphatic heterocycles. The molecule has 1 heterocycles. The van der Waals surface area contributed by atoms with Gasteiger partial charge in [0.1, 0.15) is 6.20 Å². The summed E-state index contributed by atoms with van der Waals surface area (Å²) < 4.78 is 0.729. The van der Waals surface area contributed by atoms with E-state index in [1.165, 1.54) is 0 Å². The molecule has 0 spiro atoms. The van der Waals surface area contributed by atoms with E-state index in [0.29, 0.717) is 4.73 Å². The van der Waals surface area contributed by atoms with Crippen LogP contribution in [-0.2, 0) is 0 Å². The third-order valence-corrected chi connectivity index (χ3v) is 0.909. The predicted octanol–water partition coefficient (Wildman–Crippen LogP) is -0.829. The van der Waals surface area contributed by atoms with Crippen LogP contribution in [0.2, 0.25) is 0 Å². The fourth-order valence-corrected chi connectivity index (χ4v) is 0.483. The number of carbonyl (C=O) groups excluding carboxylic acids is 1. The third-order valence-electron chi connectivity index (χ3n) is 0.909. The minimum Gasteiger partial charge on any atom is -0.710 e. The number of rotatable bonds is 1. The largest absolute Gasteiger partial charge is 0.710 e. The summed E-state index contributed by atoms with van der Waals surface area (Å²) >= 11 is 0. The summed E-state index contributed by atoms with van der Waals surface area (Å²) in [4.78, 5) is 9.91. The van der Waals surface area contributed by atoms with Crippen molar-refractivity contribution in [2.24, 2.45) is 0 Å². The topological polar surface area (TPSA) is 69.2 Å². The maximum atomic E-state index is 10.4. The van der Waals surface area contributed by atoms with Crippen LogP contribution < -0.4 is 4.73 Å². The Morgan fingerprint density at radius 2 is 2.56 bits per heavy atom. The van der Waals surface area contributed by atoms with Gasteiger partial charge in [-0.15, -0.1) is 0 Å². The van der Waals surface area contributed by atoms with Crippen molar-refractivity contribution < 1.29 is 14.7 Å². The molecule has 0 saturated heterocycles. The fraction of sp³-hybridized carbons (Fsp3) is 0. The van der Waals surface area contributed by atoms with Gasteiger partial charge in [-0.25, -0.2) is 4.73 Å².